The number of hydrogen-bond acceptors (Lipinski definition) is 6. The highest BCUT2D eigenvalue weighted by Gasteiger charge is 2.13. The van der Waals surface area contributed by atoms with Gasteiger partial charge >= 0.3 is 0 Å². The van der Waals surface area contributed by atoms with Gasteiger partial charge in [-0.05, 0) is 32.0 Å². The number of nitrogens with one attached hydrogen (secondary N) is 1. The van der Waals surface area contributed by atoms with E-state index in [-0.39, 0.29) is 16.9 Å². The van der Waals surface area contributed by atoms with Crippen LogP contribution in [0.15, 0.2) is 35.4 Å². The first-order valence-corrected chi connectivity index (χ1v) is 7.15. The molecule has 114 valence electrons. The number of nitrogen functional groups attached to an aromatic ring is 1. The number of hydrogen-bond donors (Lipinski definition) is 2. The van der Waals surface area contributed by atoms with E-state index in [1.54, 1.807) is 18.3 Å². The Morgan fingerprint density at radius 1 is 1.36 bits per heavy atom. The van der Waals surface area contributed by atoms with Crippen molar-refractivity contribution < 1.29 is 9.72 Å². The van der Waals surface area contributed by atoms with E-state index in [4.69, 9.17) is 5.73 Å². The smallest absolute Gasteiger partial charge is 0.272 e. The normalized spacial score (nSPS) is 11.3. The lowest BCUT2D eigenvalue weighted by atomic mass is 10.1. The van der Waals surface area contributed by atoms with Crippen molar-refractivity contribution in [1.82, 2.24) is 5.43 Å². The molecule has 2 aromatic rings. The van der Waals surface area contributed by atoms with Gasteiger partial charge in [0.15, 0.2) is 0 Å². The van der Waals surface area contributed by atoms with Gasteiger partial charge in [0.05, 0.1) is 21.1 Å². The van der Waals surface area contributed by atoms with Gasteiger partial charge in [-0.3, -0.25) is 14.9 Å². The molecule has 0 aliphatic carbocycles. The number of nitro benzene ring substituents is 1. The van der Waals surface area contributed by atoms with Crippen molar-refractivity contribution in [2.24, 2.45) is 5.10 Å². The van der Waals surface area contributed by atoms with Crippen LogP contribution in [0.1, 0.15) is 27.0 Å². The van der Waals surface area contributed by atoms with Crippen LogP contribution in [0.4, 0.5) is 11.4 Å². The van der Waals surface area contributed by atoms with Crippen molar-refractivity contribution in [2.45, 2.75) is 13.8 Å². The van der Waals surface area contributed by atoms with Gasteiger partial charge in [0.25, 0.3) is 11.6 Å². The zero-order valence-corrected chi connectivity index (χ0v) is 12.8. The summed E-state index contributed by atoms with van der Waals surface area (Å²) in [5.41, 5.74) is 8.60. The maximum atomic E-state index is 12.0. The summed E-state index contributed by atoms with van der Waals surface area (Å²) >= 11 is 1.56. The van der Waals surface area contributed by atoms with E-state index < -0.39 is 10.8 Å². The number of anilines is 1. The molecule has 0 saturated carbocycles. The number of benzene rings is 1. The summed E-state index contributed by atoms with van der Waals surface area (Å²) in [5, 5.41) is 14.8. The first-order valence-electron chi connectivity index (χ1n) is 6.33. The minimum absolute atomic E-state index is 0.0885. The Labute approximate surface area is 130 Å². The molecule has 1 aromatic carbocycles. The molecule has 0 fully saturated rings. The summed E-state index contributed by atoms with van der Waals surface area (Å²) in [6.45, 7) is 3.75. The molecule has 1 amide bonds. The standard InChI is InChI=1S/C14H14N4O3S/c1-8-3-4-13(22-8)9(2)16-17-14(19)10-5-11(15)7-12(6-10)18(20)21/h3-7H,15H2,1-2H3,(H,17,19)/b16-9-. The number of nitrogens with two attached hydrogens (primary N) is 1. The second-order valence-electron chi connectivity index (χ2n) is 4.62. The van der Waals surface area contributed by atoms with Crippen molar-refractivity contribution in [2.75, 3.05) is 5.73 Å². The monoisotopic (exact) mass is 318 g/mol. The van der Waals surface area contributed by atoms with Gasteiger partial charge < -0.3 is 5.73 Å². The average molecular weight is 318 g/mol. The summed E-state index contributed by atoms with van der Waals surface area (Å²) < 4.78 is 0. The van der Waals surface area contributed by atoms with Crippen LogP contribution in [0, 0.1) is 17.0 Å². The second kappa shape index (κ2) is 6.35. The van der Waals surface area contributed by atoms with Gasteiger partial charge in [-0.15, -0.1) is 11.3 Å². The summed E-state index contributed by atoms with van der Waals surface area (Å²) in [5.74, 6) is -0.553. The number of non-ortho nitro benzene ring substituents is 1. The molecule has 0 aliphatic heterocycles. The molecule has 2 rings (SSSR count). The van der Waals surface area contributed by atoms with E-state index >= 15 is 0 Å². The highest BCUT2D eigenvalue weighted by Crippen LogP contribution is 2.19. The number of nitro groups is 1. The summed E-state index contributed by atoms with van der Waals surface area (Å²) in [4.78, 5) is 24.3. The third-order valence-corrected chi connectivity index (χ3v) is 3.94. The molecule has 0 bridgehead atoms. The molecule has 0 spiro atoms. The van der Waals surface area contributed by atoms with Gasteiger partial charge in [-0.25, -0.2) is 5.43 Å². The lowest BCUT2D eigenvalue weighted by Gasteiger charge is -2.03. The molecule has 0 radical (unpaired) electrons. The van der Waals surface area contributed by atoms with Gasteiger partial charge in [0, 0.05) is 22.7 Å². The molecule has 1 heterocycles. The predicted octanol–water partition coefficient (Wildman–Crippen LogP) is 2.70. The third kappa shape index (κ3) is 3.67. The lowest BCUT2D eigenvalue weighted by Crippen LogP contribution is -2.19. The second-order valence-corrected chi connectivity index (χ2v) is 5.91. The van der Waals surface area contributed by atoms with Crippen LogP contribution in [-0.2, 0) is 0 Å². The third-order valence-electron chi connectivity index (χ3n) is 2.84. The van der Waals surface area contributed by atoms with Crippen molar-refractivity contribution in [3.8, 4) is 0 Å². The Balaban J connectivity index is 2.17. The number of hydrazone groups is 1. The Bertz CT molecular complexity index is 767. The number of carbonyl (C=O) groups is 1. The highest BCUT2D eigenvalue weighted by molar-refractivity contribution is 7.14. The van der Waals surface area contributed by atoms with Gasteiger partial charge in [0.2, 0.25) is 0 Å². The Morgan fingerprint density at radius 3 is 2.68 bits per heavy atom. The summed E-state index contributed by atoms with van der Waals surface area (Å²) in [6, 6.07) is 7.59. The molecule has 0 saturated heterocycles. The zero-order valence-electron chi connectivity index (χ0n) is 12.0. The van der Waals surface area contributed by atoms with Crippen LogP contribution in [-0.4, -0.2) is 16.5 Å². The topological polar surface area (TPSA) is 111 Å². The van der Waals surface area contributed by atoms with Crippen LogP contribution in [0.3, 0.4) is 0 Å². The maximum absolute atomic E-state index is 12.0. The number of rotatable bonds is 4. The minimum Gasteiger partial charge on any atom is -0.399 e. The SMILES string of the molecule is C/C(=N/NC(=O)c1cc(N)cc([N+](=O)[O-])c1)c1ccc(C)s1. The van der Waals surface area contributed by atoms with E-state index in [0.29, 0.717) is 5.71 Å². The first-order chi connectivity index (χ1) is 10.4. The maximum Gasteiger partial charge on any atom is 0.272 e. The largest absolute Gasteiger partial charge is 0.399 e. The van der Waals surface area contributed by atoms with Crippen molar-refractivity contribution >= 4 is 34.3 Å². The minimum atomic E-state index is -0.601. The Hall–Kier alpha value is -2.74. The van der Waals surface area contributed by atoms with E-state index in [0.717, 1.165) is 15.8 Å². The molecule has 3 N–H and O–H groups in total. The molecule has 1 aromatic heterocycles. The van der Waals surface area contributed by atoms with E-state index in [1.807, 2.05) is 19.1 Å². The molecule has 0 aliphatic rings. The molecule has 7 nitrogen and oxygen atoms in total. The van der Waals surface area contributed by atoms with Gasteiger partial charge in [0.1, 0.15) is 0 Å². The van der Waals surface area contributed by atoms with E-state index in [2.05, 4.69) is 10.5 Å². The van der Waals surface area contributed by atoms with E-state index in [1.165, 1.54) is 12.1 Å². The first kappa shape index (κ1) is 15.6. The van der Waals surface area contributed by atoms with Crippen LogP contribution in [0.5, 0.6) is 0 Å². The fourth-order valence-corrected chi connectivity index (χ4v) is 2.57. The lowest BCUT2D eigenvalue weighted by molar-refractivity contribution is -0.384. The average Bonchev–Trinajstić information content (AvgIpc) is 2.90. The van der Waals surface area contributed by atoms with Gasteiger partial charge in [-0.2, -0.15) is 5.10 Å². The van der Waals surface area contributed by atoms with Crippen molar-refractivity contribution in [1.29, 1.82) is 0 Å². The molecular weight excluding hydrogens is 304 g/mol. The fourth-order valence-electron chi connectivity index (χ4n) is 1.75. The molecule has 0 unspecified atom stereocenters. The number of aryl methyl sites for hydroxylation is 1. The Morgan fingerprint density at radius 2 is 2.09 bits per heavy atom. The molecular formula is C14H14N4O3S. The summed E-state index contributed by atoms with van der Waals surface area (Å²) in [7, 11) is 0. The molecule has 22 heavy (non-hydrogen) atoms. The van der Waals surface area contributed by atoms with Crippen LogP contribution in [0.2, 0.25) is 0 Å². The van der Waals surface area contributed by atoms with Gasteiger partial charge in [-0.1, -0.05) is 0 Å². The number of carbonyl (C=O) groups excluding carboxylic acids is 1. The number of amides is 1. The fraction of sp³-hybridized carbons (Fsp3) is 0.143. The van der Waals surface area contributed by atoms with E-state index in [9.17, 15) is 14.9 Å². The molecule has 8 heteroatoms. The Kier molecular flexibility index (Phi) is 4.52. The highest BCUT2D eigenvalue weighted by atomic mass is 32.1. The van der Waals surface area contributed by atoms with Crippen LogP contribution < -0.4 is 11.2 Å². The predicted molar refractivity (Wildman–Crippen MR) is 86.2 cm³/mol. The number of nitrogens with zero attached hydrogens (tertiary/aromatic N) is 2. The van der Waals surface area contributed by atoms with Crippen molar-refractivity contribution in [3.05, 3.63) is 55.8 Å². The quantitative estimate of drug-likeness (QED) is 0.391. The molecule has 0 atom stereocenters. The zero-order chi connectivity index (χ0) is 16.3. The number of thiophene rings is 1. The van der Waals surface area contributed by atoms with Crippen LogP contribution >= 0.6 is 11.3 Å². The van der Waals surface area contributed by atoms with Crippen molar-refractivity contribution in [3.63, 3.8) is 0 Å². The van der Waals surface area contributed by atoms with Crippen LogP contribution in [0.25, 0.3) is 0 Å². The summed E-state index contributed by atoms with van der Waals surface area (Å²) in [6.07, 6.45) is 0.